The van der Waals surface area contributed by atoms with Gasteiger partial charge in [0.2, 0.25) is 0 Å². The first-order valence-electron chi connectivity index (χ1n) is 8.78. The highest BCUT2D eigenvalue weighted by molar-refractivity contribution is 5.67. The zero-order chi connectivity index (χ0) is 16.8. The van der Waals surface area contributed by atoms with Gasteiger partial charge in [0.25, 0.3) is 0 Å². The van der Waals surface area contributed by atoms with Crippen molar-refractivity contribution in [1.29, 1.82) is 0 Å². The molecule has 1 N–H and O–H groups in total. The number of ether oxygens (including phenoxy) is 2. The van der Waals surface area contributed by atoms with Crippen molar-refractivity contribution in [3.8, 4) is 0 Å². The molecule has 1 amide bonds. The van der Waals surface area contributed by atoms with Crippen molar-refractivity contribution < 1.29 is 19.4 Å². The maximum atomic E-state index is 12.3. The second-order valence-corrected chi connectivity index (χ2v) is 6.61. The fourth-order valence-corrected chi connectivity index (χ4v) is 3.34. The van der Waals surface area contributed by atoms with E-state index in [0.29, 0.717) is 44.5 Å². The standard InChI is InChI=1S/C16H26N4O4/c21-11-14-8-20(18-17-14)10-15-9-19(6-7-23-15)16(22)24-12-13-4-2-1-3-5-13/h8,13,15,21H,1-7,9-12H2. The summed E-state index contributed by atoms with van der Waals surface area (Å²) in [6, 6.07) is 0. The molecule has 0 bridgehead atoms. The van der Waals surface area contributed by atoms with Gasteiger partial charge in [-0.25, -0.2) is 9.48 Å². The molecule has 1 aromatic heterocycles. The van der Waals surface area contributed by atoms with Crippen molar-refractivity contribution in [2.75, 3.05) is 26.3 Å². The summed E-state index contributed by atoms with van der Waals surface area (Å²) in [5, 5.41) is 16.8. The lowest BCUT2D eigenvalue weighted by atomic mass is 9.90. The van der Waals surface area contributed by atoms with Gasteiger partial charge in [0.05, 0.1) is 45.2 Å². The van der Waals surface area contributed by atoms with Crippen LogP contribution in [0.3, 0.4) is 0 Å². The van der Waals surface area contributed by atoms with Crippen LogP contribution >= 0.6 is 0 Å². The lowest BCUT2D eigenvalue weighted by Gasteiger charge is -2.32. The van der Waals surface area contributed by atoms with Gasteiger partial charge in [0, 0.05) is 6.54 Å². The predicted octanol–water partition coefficient (Wildman–Crippen LogP) is 1.19. The number of nitrogens with zero attached hydrogens (tertiary/aromatic N) is 4. The third-order valence-electron chi connectivity index (χ3n) is 4.70. The van der Waals surface area contributed by atoms with Crippen LogP contribution in [0.2, 0.25) is 0 Å². The Hall–Kier alpha value is -1.67. The summed E-state index contributed by atoms with van der Waals surface area (Å²) < 4.78 is 12.8. The smallest absolute Gasteiger partial charge is 0.409 e. The zero-order valence-electron chi connectivity index (χ0n) is 14.0. The Labute approximate surface area is 141 Å². The molecule has 8 heteroatoms. The normalized spacial score (nSPS) is 22.5. The molecular formula is C16H26N4O4. The van der Waals surface area contributed by atoms with Crippen molar-refractivity contribution in [3.63, 3.8) is 0 Å². The van der Waals surface area contributed by atoms with Crippen LogP contribution in [0.1, 0.15) is 37.8 Å². The molecule has 24 heavy (non-hydrogen) atoms. The Kier molecular flexibility index (Phi) is 6.03. The van der Waals surface area contributed by atoms with Crippen LogP contribution in [-0.4, -0.2) is 63.5 Å². The molecule has 8 nitrogen and oxygen atoms in total. The minimum Gasteiger partial charge on any atom is -0.449 e. The number of morpholine rings is 1. The van der Waals surface area contributed by atoms with Crippen molar-refractivity contribution in [1.82, 2.24) is 19.9 Å². The van der Waals surface area contributed by atoms with Crippen LogP contribution in [0.4, 0.5) is 4.79 Å². The molecule has 1 atom stereocenters. The van der Waals surface area contributed by atoms with Crippen molar-refractivity contribution in [2.45, 2.75) is 51.4 Å². The number of aliphatic hydroxyl groups is 1. The molecule has 1 unspecified atom stereocenters. The quantitative estimate of drug-likeness (QED) is 0.867. The Balaban J connectivity index is 1.44. The zero-order valence-corrected chi connectivity index (χ0v) is 14.0. The number of hydrogen-bond donors (Lipinski definition) is 1. The minimum atomic E-state index is -0.247. The second-order valence-electron chi connectivity index (χ2n) is 6.61. The summed E-state index contributed by atoms with van der Waals surface area (Å²) in [5.41, 5.74) is 0.523. The average Bonchev–Trinajstić information content (AvgIpc) is 3.08. The van der Waals surface area contributed by atoms with E-state index in [9.17, 15) is 4.79 Å². The highest BCUT2D eigenvalue weighted by atomic mass is 16.6. The van der Waals surface area contributed by atoms with Gasteiger partial charge in [-0.15, -0.1) is 5.10 Å². The fourth-order valence-electron chi connectivity index (χ4n) is 3.34. The van der Waals surface area contributed by atoms with E-state index in [2.05, 4.69) is 10.3 Å². The first-order valence-corrected chi connectivity index (χ1v) is 8.78. The van der Waals surface area contributed by atoms with Gasteiger partial charge in [0.1, 0.15) is 5.69 Å². The molecular weight excluding hydrogens is 312 g/mol. The van der Waals surface area contributed by atoms with Crippen LogP contribution in [0.25, 0.3) is 0 Å². The molecule has 134 valence electrons. The molecule has 0 spiro atoms. The molecule has 1 aliphatic carbocycles. The molecule has 2 aliphatic rings. The van der Waals surface area contributed by atoms with Crippen LogP contribution in [-0.2, 0) is 22.6 Å². The van der Waals surface area contributed by atoms with E-state index in [0.717, 1.165) is 0 Å². The number of carbonyl (C=O) groups is 1. The Morgan fingerprint density at radius 2 is 2.21 bits per heavy atom. The van der Waals surface area contributed by atoms with Crippen LogP contribution in [0, 0.1) is 5.92 Å². The molecule has 1 aliphatic heterocycles. The summed E-state index contributed by atoms with van der Waals surface area (Å²) in [6.45, 7) is 2.43. The number of amides is 1. The molecule has 3 rings (SSSR count). The van der Waals surface area contributed by atoms with E-state index in [4.69, 9.17) is 14.6 Å². The topological polar surface area (TPSA) is 89.7 Å². The fraction of sp³-hybridized carbons (Fsp3) is 0.812. The molecule has 0 radical (unpaired) electrons. The van der Waals surface area contributed by atoms with Gasteiger partial charge < -0.3 is 19.5 Å². The van der Waals surface area contributed by atoms with Gasteiger partial charge >= 0.3 is 6.09 Å². The summed E-state index contributed by atoms with van der Waals surface area (Å²) in [7, 11) is 0. The number of aliphatic hydroxyl groups excluding tert-OH is 1. The molecule has 1 saturated heterocycles. The highest BCUT2D eigenvalue weighted by Crippen LogP contribution is 2.24. The van der Waals surface area contributed by atoms with Gasteiger partial charge in [0.15, 0.2) is 0 Å². The third kappa shape index (κ3) is 4.67. The van der Waals surface area contributed by atoms with E-state index < -0.39 is 0 Å². The molecule has 2 fully saturated rings. The van der Waals surface area contributed by atoms with Crippen LogP contribution < -0.4 is 0 Å². The largest absolute Gasteiger partial charge is 0.449 e. The monoisotopic (exact) mass is 338 g/mol. The van der Waals surface area contributed by atoms with Crippen LogP contribution in [0.5, 0.6) is 0 Å². The van der Waals surface area contributed by atoms with E-state index >= 15 is 0 Å². The van der Waals surface area contributed by atoms with E-state index in [1.807, 2.05) is 0 Å². The molecule has 2 heterocycles. The Morgan fingerprint density at radius 3 is 2.96 bits per heavy atom. The predicted molar refractivity (Wildman–Crippen MR) is 85.2 cm³/mol. The lowest BCUT2D eigenvalue weighted by Crippen LogP contribution is -2.47. The number of hydrogen-bond acceptors (Lipinski definition) is 6. The summed E-state index contributed by atoms with van der Waals surface area (Å²) in [4.78, 5) is 14.0. The van der Waals surface area contributed by atoms with Gasteiger partial charge in [-0.1, -0.05) is 24.5 Å². The molecule has 0 aromatic carbocycles. The van der Waals surface area contributed by atoms with E-state index in [1.54, 1.807) is 15.8 Å². The van der Waals surface area contributed by atoms with E-state index in [-0.39, 0.29) is 18.8 Å². The molecule has 1 saturated carbocycles. The number of aromatic nitrogens is 3. The van der Waals surface area contributed by atoms with Gasteiger partial charge in [-0.05, 0) is 18.8 Å². The SMILES string of the molecule is O=C(OCC1CCCCC1)N1CCOC(Cn2cc(CO)nn2)C1. The van der Waals surface area contributed by atoms with E-state index in [1.165, 1.54) is 32.1 Å². The van der Waals surface area contributed by atoms with Crippen molar-refractivity contribution >= 4 is 6.09 Å². The van der Waals surface area contributed by atoms with Gasteiger partial charge in [-0.2, -0.15) is 0 Å². The van der Waals surface area contributed by atoms with Gasteiger partial charge in [-0.3, -0.25) is 0 Å². The Bertz CT molecular complexity index is 530. The van der Waals surface area contributed by atoms with Crippen LogP contribution in [0.15, 0.2) is 6.20 Å². The number of carbonyl (C=O) groups excluding carboxylic acids is 1. The summed E-state index contributed by atoms with van der Waals surface area (Å²) >= 11 is 0. The lowest BCUT2D eigenvalue weighted by molar-refractivity contribution is -0.0375. The maximum Gasteiger partial charge on any atom is 0.409 e. The molecule has 1 aromatic rings. The maximum absolute atomic E-state index is 12.3. The first kappa shape index (κ1) is 17.2. The Morgan fingerprint density at radius 1 is 1.38 bits per heavy atom. The highest BCUT2D eigenvalue weighted by Gasteiger charge is 2.26. The average molecular weight is 338 g/mol. The summed E-state index contributed by atoms with van der Waals surface area (Å²) in [6.07, 6.45) is 7.42. The van der Waals surface area contributed by atoms with Crippen molar-refractivity contribution in [2.24, 2.45) is 5.92 Å². The second kappa shape index (κ2) is 8.43. The number of rotatable bonds is 5. The first-order chi connectivity index (χ1) is 11.7. The third-order valence-corrected chi connectivity index (χ3v) is 4.70. The van der Waals surface area contributed by atoms with Crippen molar-refractivity contribution in [3.05, 3.63) is 11.9 Å². The minimum absolute atomic E-state index is 0.134. The summed E-state index contributed by atoms with van der Waals surface area (Å²) in [5.74, 6) is 0.520.